The van der Waals surface area contributed by atoms with Crippen LogP contribution in [0.4, 0.5) is 5.69 Å². The van der Waals surface area contributed by atoms with Gasteiger partial charge in [0.2, 0.25) is 0 Å². The van der Waals surface area contributed by atoms with E-state index in [9.17, 15) is 9.59 Å². The van der Waals surface area contributed by atoms with Gasteiger partial charge in [-0.2, -0.15) is 0 Å². The molecule has 22 heavy (non-hydrogen) atoms. The number of piperidine rings is 1. The van der Waals surface area contributed by atoms with Gasteiger partial charge in [0.1, 0.15) is 5.56 Å². The molecule has 1 aliphatic heterocycles. The second kappa shape index (κ2) is 6.05. The number of benzene rings is 1. The third-order valence-corrected chi connectivity index (χ3v) is 4.02. The molecule has 1 aromatic carbocycles. The average Bonchev–Trinajstić information content (AvgIpc) is 2.55. The monoisotopic (exact) mass is 298 g/mol. The molecule has 114 valence electrons. The first-order valence-electron chi connectivity index (χ1n) is 7.47. The lowest BCUT2D eigenvalue weighted by molar-refractivity contribution is 0.0695. The minimum absolute atomic E-state index is 0.240. The van der Waals surface area contributed by atoms with Crippen molar-refractivity contribution in [2.24, 2.45) is 0 Å². The summed E-state index contributed by atoms with van der Waals surface area (Å²) in [6.07, 6.45) is 3.68. The van der Waals surface area contributed by atoms with Crippen LogP contribution in [0.15, 0.2) is 41.2 Å². The Kier molecular flexibility index (Phi) is 3.96. The normalized spacial score (nSPS) is 14.8. The van der Waals surface area contributed by atoms with Crippen molar-refractivity contribution in [3.05, 3.63) is 52.3 Å². The Hall–Kier alpha value is -2.56. The molecule has 1 aliphatic rings. The standard InChI is InChI=1S/C17H18N2O3/c20-16-14(17(21)22)7-8-15(18-16)12-5-4-6-13(11-12)19-9-2-1-3-10-19/h4-8,11H,1-3,9-10H2,(H,18,20)(H,21,22). The van der Waals surface area contributed by atoms with Crippen LogP contribution in [0.1, 0.15) is 29.6 Å². The van der Waals surface area contributed by atoms with E-state index in [1.54, 1.807) is 6.07 Å². The Morgan fingerprint density at radius 2 is 1.86 bits per heavy atom. The van der Waals surface area contributed by atoms with Gasteiger partial charge in [0.05, 0.1) is 0 Å². The molecule has 5 heteroatoms. The predicted molar refractivity (Wildman–Crippen MR) is 85.5 cm³/mol. The zero-order valence-electron chi connectivity index (χ0n) is 12.2. The van der Waals surface area contributed by atoms with Crippen LogP contribution in [0.25, 0.3) is 11.3 Å². The molecule has 0 saturated carbocycles. The Labute approximate surface area is 128 Å². The maximum atomic E-state index is 11.8. The van der Waals surface area contributed by atoms with Crippen molar-refractivity contribution in [3.8, 4) is 11.3 Å². The number of hydrogen-bond donors (Lipinski definition) is 2. The molecule has 0 unspecified atom stereocenters. The van der Waals surface area contributed by atoms with Gasteiger partial charge >= 0.3 is 5.97 Å². The largest absolute Gasteiger partial charge is 0.477 e. The maximum Gasteiger partial charge on any atom is 0.341 e. The van der Waals surface area contributed by atoms with E-state index in [1.807, 2.05) is 18.2 Å². The van der Waals surface area contributed by atoms with Crippen molar-refractivity contribution >= 4 is 11.7 Å². The summed E-state index contributed by atoms with van der Waals surface area (Å²) in [5.74, 6) is -1.21. The molecular weight excluding hydrogens is 280 g/mol. The zero-order valence-corrected chi connectivity index (χ0v) is 12.2. The topological polar surface area (TPSA) is 73.4 Å². The summed E-state index contributed by atoms with van der Waals surface area (Å²) < 4.78 is 0. The summed E-state index contributed by atoms with van der Waals surface area (Å²) in [5.41, 5.74) is 1.84. The Bertz CT molecular complexity index is 746. The molecule has 0 radical (unpaired) electrons. The highest BCUT2D eigenvalue weighted by molar-refractivity contribution is 5.87. The van der Waals surface area contributed by atoms with E-state index in [4.69, 9.17) is 5.11 Å². The van der Waals surface area contributed by atoms with Gasteiger partial charge in [0.25, 0.3) is 5.56 Å². The molecule has 0 spiro atoms. The van der Waals surface area contributed by atoms with Gasteiger partial charge in [-0.05, 0) is 43.5 Å². The van der Waals surface area contributed by atoms with Gasteiger partial charge in [-0.15, -0.1) is 0 Å². The van der Waals surface area contributed by atoms with Crippen LogP contribution >= 0.6 is 0 Å². The molecule has 2 aromatic rings. The number of H-pyrrole nitrogens is 1. The molecule has 0 bridgehead atoms. The van der Waals surface area contributed by atoms with Crippen molar-refractivity contribution in [3.63, 3.8) is 0 Å². The molecule has 2 N–H and O–H groups in total. The number of aromatic amines is 1. The summed E-state index contributed by atoms with van der Waals surface area (Å²) >= 11 is 0. The van der Waals surface area contributed by atoms with E-state index in [2.05, 4.69) is 16.0 Å². The first kappa shape index (κ1) is 14.4. The number of carboxylic acid groups (broad SMARTS) is 1. The summed E-state index contributed by atoms with van der Waals surface area (Å²) in [6, 6.07) is 11.0. The van der Waals surface area contributed by atoms with E-state index in [0.717, 1.165) is 24.3 Å². The first-order valence-corrected chi connectivity index (χ1v) is 7.47. The predicted octanol–water partition coefficient (Wildman–Crippen LogP) is 2.73. The fraction of sp³-hybridized carbons (Fsp3) is 0.294. The van der Waals surface area contributed by atoms with Crippen LogP contribution in [0, 0.1) is 0 Å². The molecule has 0 aliphatic carbocycles. The van der Waals surface area contributed by atoms with Crippen LogP contribution in [-0.4, -0.2) is 29.1 Å². The molecule has 0 atom stereocenters. The second-order valence-electron chi connectivity index (χ2n) is 5.52. The van der Waals surface area contributed by atoms with Crippen molar-refractivity contribution < 1.29 is 9.90 Å². The smallest absolute Gasteiger partial charge is 0.341 e. The minimum atomic E-state index is -1.21. The molecular formula is C17H18N2O3. The van der Waals surface area contributed by atoms with Crippen molar-refractivity contribution in [2.75, 3.05) is 18.0 Å². The molecule has 1 fully saturated rings. The minimum Gasteiger partial charge on any atom is -0.477 e. The molecule has 0 amide bonds. The number of carbonyl (C=O) groups is 1. The fourth-order valence-electron chi connectivity index (χ4n) is 2.83. The van der Waals surface area contributed by atoms with Crippen LogP contribution in [0.3, 0.4) is 0 Å². The highest BCUT2D eigenvalue weighted by Gasteiger charge is 2.13. The second-order valence-corrected chi connectivity index (χ2v) is 5.52. The maximum absolute atomic E-state index is 11.8. The molecule has 3 rings (SSSR count). The molecule has 1 aromatic heterocycles. The highest BCUT2D eigenvalue weighted by atomic mass is 16.4. The van der Waals surface area contributed by atoms with Gasteiger partial charge in [0, 0.05) is 30.0 Å². The first-order chi connectivity index (χ1) is 10.6. The number of pyridine rings is 1. The van der Waals surface area contributed by atoms with E-state index >= 15 is 0 Å². The van der Waals surface area contributed by atoms with Crippen LogP contribution in [0.5, 0.6) is 0 Å². The third kappa shape index (κ3) is 2.88. The quantitative estimate of drug-likeness (QED) is 0.913. The zero-order chi connectivity index (χ0) is 15.5. The van der Waals surface area contributed by atoms with Crippen molar-refractivity contribution in [1.29, 1.82) is 0 Å². The highest BCUT2D eigenvalue weighted by Crippen LogP contribution is 2.25. The molecule has 1 saturated heterocycles. The number of nitrogens with one attached hydrogen (secondary N) is 1. The Morgan fingerprint density at radius 3 is 2.55 bits per heavy atom. The van der Waals surface area contributed by atoms with Gasteiger partial charge in [-0.1, -0.05) is 12.1 Å². The van der Waals surface area contributed by atoms with Gasteiger partial charge in [-0.3, -0.25) is 4.79 Å². The summed E-state index contributed by atoms with van der Waals surface area (Å²) in [5, 5.41) is 8.91. The number of aromatic nitrogens is 1. The van der Waals surface area contributed by atoms with E-state index in [-0.39, 0.29) is 5.56 Å². The van der Waals surface area contributed by atoms with Gasteiger partial charge < -0.3 is 15.0 Å². The summed E-state index contributed by atoms with van der Waals surface area (Å²) in [4.78, 5) is 27.7. The van der Waals surface area contributed by atoms with Crippen molar-refractivity contribution in [2.45, 2.75) is 19.3 Å². The van der Waals surface area contributed by atoms with E-state index in [1.165, 1.54) is 25.3 Å². The third-order valence-electron chi connectivity index (χ3n) is 4.02. The summed E-state index contributed by atoms with van der Waals surface area (Å²) in [7, 11) is 0. The number of aromatic carboxylic acids is 1. The number of nitrogens with zero attached hydrogens (tertiary/aromatic N) is 1. The van der Waals surface area contributed by atoms with Crippen LogP contribution in [0.2, 0.25) is 0 Å². The number of carboxylic acids is 1. The fourth-order valence-corrected chi connectivity index (χ4v) is 2.83. The number of hydrogen-bond acceptors (Lipinski definition) is 3. The average molecular weight is 298 g/mol. The SMILES string of the molecule is O=C(O)c1ccc(-c2cccc(N3CCCCC3)c2)[nH]c1=O. The van der Waals surface area contributed by atoms with Crippen LogP contribution < -0.4 is 10.5 Å². The van der Waals surface area contributed by atoms with Gasteiger partial charge in [-0.25, -0.2) is 4.79 Å². The lowest BCUT2D eigenvalue weighted by Crippen LogP contribution is -2.29. The lowest BCUT2D eigenvalue weighted by atomic mass is 10.1. The van der Waals surface area contributed by atoms with E-state index < -0.39 is 11.5 Å². The van der Waals surface area contributed by atoms with Crippen LogP contribution in [-0.2, 0) is 0 Å². The lowest BCUT2D eigenvalue weighted by Gasteiger charge is -2.29. The van der Waals surface area contributed by atoms with E-state index in [0.29, 0.717) is 5.69 Å². The Morgan fingerprint density at radius 1 is 1.09 bits per heavy atom. The van der Waals surface area contributed by atoms with Gasteiger partial charge in [0.15, 0.2) is 0 Å². The number of rotatable bonds is 3. The molecule has 5 nitrogen and oxygen atoms in total. The number of anilines is 1. The van der Waals surface area contributed by atoms with Crippen molar-refractivity contribution in [1.82, 2.24) is 4.98 Å². The molecule has 2 heterocycles. The summed E-state index contributed by atoms with van der Waals surface area (Å²) in [6.45, 7) is 2.11. The Balaban J connectivity index is 1.93.